The third kappa shape index (κ3) is 4.03. The Balaban J connectivity index is 1.73. The van der Waals surface area contributed by atoms with E-state index in [0.29, 0.717) is 5.82 Å². The fourth-order valence-corrected chi connectivity index (χ4v) is 2.67. The average Bonchev–Trinajstić information content (AvgIpc) is 2.40. The molecule has 1 aromatic rings. The normalized spacial score (nSPS) is 16.8. The molecule has 0 unspecified atom stereocenters. The predicted octanol–water partition coefficient (Wildman–Crippen LogP) is 0.223. The van der Waals surface area contributed by atoms with Crippen molar-refractivity contribution in [2.24, 2.45) is 5.84 Å². The quantitative estimate of drug-likeness (QED) is 0.512. The van der Waals surface area contributed by atoms with Crippen LogP contribution in [0.2, 0.25) is 0 Å². The molecule has 1 aromatic heterocycles. The summed E-state index contributed by atoms with van der Waals surface area (Å²) in [7, 11) is 0. The van der Waals surface area contributed by atoms with E-state index in [4.69, 9.17) is 5.84 Å². The Morgan fingerprint density at radius 2 is 2.06 bits per heavy atom. The van der Waals surface area contributed by atoms with Crippen LogP contribution < -0.4 is 16.6 Å². The fraction of sp³-hybridized carbons (Fsp3) is 0.600. The average molecular weight is 254 g/mol. The van der Waals surface area contributed by atoms with Gasteiger partial charge in [0.2, 0.25) is 0 Å². The molecule has 0 bridgehead atoms. The summed E-state index contributed by atoms with van der Waals surface area (Å²) in [5, 5.41) is 3.25. The van der Waals surface area contributed by atoms with Crippen LogP contribution in [-0.4, -0.2) is 52.6 Å². The monoisotopic (exact) mass is 254 g/mol. The van der Waals surface area contributed by atoms with Gasteiger partial charge in [0.05, 0.1) is 12.4 Å². The number of nitrogens with one attached hydrogen (secondary N) is 2. The van der Waals surface area contributed by atoms with Crippen molar-refractivity contribution in [3.63, 3.8) is 0 Å². The minimum Gasteiger partial charge on any atom is -0.367 e. The van der Waals surface area contributed by atoms with E-state index in [-0.39, 0.29) is 0 Å². The molecule has 2 rings (SSSR count). The van der Waals surface area contributed by atoms with Gasteiger partial charge in [-0.3, -0.25) is 9.88 Å². The molecule has 17 heavy (non-hydrogen) atoms. The number of thioether (sulfide) groups is 1. The van der Waals surface area contributed by atoms with Crippen LogP contribution in [0.4, 0.5) is 11.6 Å². The Bertz CT molecular complexity index is 341. The van der Waals surface area contributed by atoms with Gasteiger partial charge in [-0.05, 0) is 0 Å². The van der Waals surface area contributed by atoms with Gasteiger partial charge in [0.15, 0.2) is 5.82 Å². The Morgan fingerprint density at radius 1 is 1.29 bits per heavy atom. The number of hydrazine groups is 1. The SMILES string of the molecule is NNc1cncc(NCCN2CCSCC2)n1. The van der Waals surface area contributed by atoms with Crippen molar-refractivity contribution in [1.82, 2.24) is 14.9 Å². The van der Waals surface area contributed by atoms with E-state index in [0.717, 1.165) is 18.9 Å². The Morgan fingerprint density at radius 3 is 2.82 bits per heavy atom. The van der Waals surface area contributed by atoms with E-state index in [9.17, 15) is 0 Å². The van der Waals surface area contributed by atoms with Crippen molar-refractivity contribution >= 4 is 23.4 Å². The largest absolute Gasteiger partial charge is 0.367 e. The van der Waals surface area contributed by atoms with Crippen molar-refractivity contribution < 1.29 is 0 Å². The number of nitrogens with zero attached hydrogens (tertiary/aromatic N) is 3. The smallest absolute Gasteiger partial charge is 0.160 e. The van der Waals surface area contributed by atoms with Gasteiger partial charge in [-0.1, -0.05) is 0 Å². The number of anilines is 2. The molecule has 0 amide bonds. The number of hydrogen-bond acceptors (Lipinski definition) is 7. The van der Waals surface area contributed by atoms with Crippen LogP contribution in [0.15, 0.2) is 12.4 Å². The van der Waals surface area contributed by atoms with Crippen molar-refractivity contribution in [3.05, 3.63) is 12.4 Å². The zero-order chi connectivity index (χ0) is 11.9. The maximum atomic E-state index is 5.27. The van der Waals surface area contributed by atoms with Gasteiger partial charge in [0.25, 0.3) is 0 Å². The lowest BCUT2D eigenvalue weighted by atomic mass is 10.4. The lowest BCUT2D eigenvalue weighted by Gasteiger charge is -2.26. The third-order valence-electron chi connectivity index (χ3n) is 2.62. The zero-order valence-corrected chi connectivity index (χ0v) is 10.5. The highest BCUT2D eigenvalue weighted by Gasteiger charge is 2.09. The van der Waals surface area contributed by atoms with Crippen LogP contribution in [0, 0.1) is 0 Å². The molecule has 0 saturated carbocycles. The molecule has 7 heteroatoms. The number of nitrogens with two attached hydrogens (primary N) is 1. The van der Waals surface area contributed by atoms with Gasteiger partial charge in [-0.25, -0.2) is 10.8 Å². The summed E-state index contributed by atoms with van der Waals surface area (Å²) in [5.74, 6) is 9.09. The summed E-state index contributed by atoms with van der Waals surface area (Å²) < 4.78 is 0. The summed E-state index contributed by atoms with van der Waals surface area (Å²) in [4.78, 5) is 10.7. The minimum absolute atomic E-state index is 0.573. The summed E-state index contributed by atoms with van der Waals surface area (Å²) in [5.41, 5.74) is 2.48. The summed E-state index contributed by atoms with van der Waals surface area (Å²) in [6, 6.07) is 0. The standard InChI is InChI=1S/C10H18N6S/c11-15-10-8-12-7-9(14-10)13-1-2-16-3-5-17-6-4-16/h7-8H,1-6,11H2,(H2,13,14,15). The summed E-state index contributed by atoms with van der Waals surface area (Å²) >= 11 is 2.03. The second kappa shape index (κ2) is 6.63. The first-order valence-corrected chi connectivity index (χ1v) is 6.86. The van der Waals surface area contributed by atoms with E-state index in [1.807, 2.05) is 11.8 Å². The molecule has 0 radical (unpaired) electrons. The van der Waals surface area contributed by atoms with Crippen LogP contribution in [-0.2, 0) is 0 Å². The van der Waals surface area contributed by atoms with Crippen molar-refractivity contribution in [3.8, 4) is 0 Å². The minimum atomic E-state index is 0.573. The van der Waals surface area contributed by atoms with Gasteiger partial charge in [-0.15, -0.1) is 0 Å². The molecule has 1 aliphatic rings. The van der Waals surface area contributed by atoms with Crippen molar-refractivity contribution in [2.45, 2.75) is 0 Å². The van der Waals surface area contributed by atoms with Gasteiger partial charge in [-0.2, -0.15) is 11.8 Å². The first kappa shape index (κ1) is 12.4. The van der Waals surface area contributed by atoms with E-state index >= 15 is 0 Å². The molecule has 4 N–H and O–H groups in total. The molecular weight excluding hydrogens is 236 g/mol. The van der Waals surface area contributed by atoms with E-state index in [2.05, 4.69) is 25.6 Å². The molecule has 1 fully saturated rings. The number of nitrogen functional groups attached to an aromatic ring is 1. The molecule has 1 saturated heterocycles. The first-order valence-electron chi connectivity index (χ1n) is 5.71. The summed E-state index contributed by atoms with van der Waals surface area (Å²) in [6.45, 7) is 4.29. The molecule has 1 aliphatic heterocycles. The van der Waals surface area contributed by atoms with Crippen LogP contribution in [0.1, 0.15) is 0 Å². The Kier molecular flexibility index (Phi) is 4.84. The van der Waals surface area contributed by atoms with Gasteiger partial charge < -0.3 is 10.7 Å². The maximum Gasteiger partial charge on any atom is 0.160 e. The fourth-order valence-electron chi connectivity index (χ4n) is 1.69. The molecule has 6 nitrogen and oxygen atoms in total. The molecule has 2 heterocycles. The lowest BCUT2D eigenvalue weighted by Crippen LogP contribution is -2.36. The van der Waals surface area contributed by atoms with Crippen LogP contribution in [0.5, 0.6) is 0 Å². The van der Waals surface area contributed by atoms with Gasteiger partial charge >= 0.3 is 0 Å². The lowest BCUT2D eigenvalue weighted by molar-refractivity contribution is 0.314. The third-order valence-corrected chi connectivity index (χ3v) is 3.56. The van der Waals surface area contributed by atoms with Gasteiger partial charge in [0, 0.05) is 37.7 Å². The highest BCUT2D eigenvalue weighted by atomic mass is 32.2. The molecule has 0 spiro atoms. The highest BCUT2D eigenvalue weighted by molar-refractivity contribution is 7.99. The highest BCUT2D eigenvalue weighted by Crippen LogP contribution is 2.09. The number of rotatable bonds is 5. The van der Waals surface area contributed by atoms with Gasteiger partial charge in [0.1, 0.15) is 5.82 Å². The predicted molar refractivity (Wildman–Crippen MR) is 72.1 cm³/mol. The molecule has 0 aromatic carbocycles. The second-order valence-electron chi connectivity index (χ2n) is 3.81. The second-order valence-corrected chi connectivity index (χ2v) is 5.04. The molecule has 94 valence electrons. The summed E-state index contributed by atoms with van der Waals surface area (Å²) in [6.07, 6.45) is 3.29. The van der Waals surface area contributed by atoms with Crippen molar-refractivity contribution in [1.29, 1.82) is 0 Å². The maximum absolute atomic E-state index is 5.27. The molecule has 0 atom stereocenters. The Hall–Kier alpha value is -1.05. The van der Waals surface area contributed by atoms with E-state index < -0.39 is 0 Å². The van der Waals surface area contributed by atoms with Crippen LogP contribution in [0.25, 0.3) is 0 Å². The van der Waals surface area contributed by atoms with E-state index in [1.54, 1.807) is 12.4 Å². The van der Waals surface area contributed by atoms with Crippen LogP contribution in [0.3, 0.4) is 0 Å². The number of aromatic nitrogens is 2. The topological polar surface area (TPSA) is 79.1 Å². The van der Waals surface area contributed by atoms with E-state index in [1.165, 1.54) is 24.6 Å². The Labute approximate surface area is 105 Å². The molecular formula is C10H18N6S. The zero-order valence-electron chi connectivity index (χ0n) is 9.72. The molecule has 0 aliphatic carbocycles. The number of hydrogen-bond donors (Lipinski definition) is 3. The van der Waals surface area contributed by atoms with Crippen molar-refractivity contribution in [2.75, 3.05) is 48.4 Å². The first-order chi connectivity index (χ1) is 8.38. The van der Waals surface area contributed by atoms with Crippen LogP contribution >= 0.6 is 11.8 Å².